The van der Waals surface area contributed by atoms with E-state index in [0.29, 0.717) is 5.70 Å². The molecular formula is C9H13NO. The fraction of sp³-hybridized carbons (Fsp3) is 0.556. The number of Topliss-reactive ketones (excluding diaryl/α,β-unsaturated/α-hetero) is 1. The quantitative estimate of drug-likeness (QED) is 0.486. The molecule has 1 aliphatic heterocycles. The zero-order chi connectivity index (χ0) is 8.65. The average Bonchev–Trinajstić information content (AvgIpc) is 2.14. The second kappa shape index (κ2) is 2.29. The first-order valence-corrected chi connectivity index (χ1v) is 3.77. The van der Waals surface area contributed by atoms with Crippen LogP contribution in [-0.2, 0) is 4.79 Å². The van der Waals surface area contributed by atoms with Gasteiger partial charge in [0.05, 0.1) is 5.41 Å². The van der Waals surface area contributed by atoms with Gasteiger partial charge in [-0.25, -0.2) is 0 Å². The van der Waals surface area contributed by atoms with Crippen molar-refractivity contribution in [1.82, 2.24) is 0 Å². The lowest BCUT2D eigenvalue weighted by molar-refractivity contribution is -0.119. The molecule has 0 amide bonds. The number of rotatable bonds is 0. The van der Waals surface area contributed by atoms with Crippen LogP contribution in [-0.4, -0.2) is 11.5 Å². The molecule has 0 fully saturated rings. The van der Waals surface area contributed by atoms with Gasteiger partial charge in [-0.3, -0.25) is 9.79 Å². The van der Waals surface area contributed by atoms with Gasteiger partial charge in [0.25, 0.3) is 0 Å². The van der Waals surface area contributed by atoms with Gasteiger partial charge in [0, 0.05) is 5.71 Å². The Morgan fingerprint density at radius 3 is 2.18 bits per heavy atom. The summed E-state index contributed by atoms with van der Waals surface area (Å²) in [6.45, 7) is 7.55. The van der Waals surface area contributed by atoms with E-state index in [1.165, 1.54) is 0 Å². The predicted octanol–water partition coefficient (Wildman–Crippen LogP) is 1.96. The minimum Gasteiger partial charge on any atom is -0.291 e. The number of hydrogen-bond donors (Lipinski definition) is 0. The van der Waals surface area contributed by atoms with E-state index in [2.05, 4.69) is 4.99 Å². The van der Waals surface area contributed by atoms with Crippen LogP contribution < -0.4 is 0 Å². The van der Waals surface area contributed by atoms with E-state index < -0.39 is 0 Å². The summed E-state index contributed by atoms with van der Waals surface area (Å²) in [4.78, 5) is 15.7. The third-order valence-electron chi connectivity index (χ3n) is 2.27. The molecule has 0 saturated heterocycles. The van der Waals surface area contributed by atoms with E-state index in [1.807, 2.05) is 27.7 Å². The van der Waals surface area contributed by atoms with Crippen molar-refractivity contribution in [2.75, 3.05) is 0 Å². The first-order valence-electron chi connectivity index (χ1n) is 3.77. The normalized spacial score (nSPS) is 26.0. The number of carbonyl (C=O) groups is 1. The summed E-state index contributed by atoms with van der Waals surface area (Å²) in [5, 5.41) is 0. The molecule has 2 heteroatoms. The van der Waals surface area contributed by atoms with E-state index >= 15 is 0 Å². The van der Waals surface area contributed by atoms with Crippen LogP contribution in [0.1, 0.15) is 27.7 Å². The van der Waals surface area contributed by atoms with E-state index in [9.17, 15) is 4.79 Å². The minimum atomic E-state index is -0.373. The summed E-state index contributed by atoms with van der Waals surface area (Å²) in [5.41, 5.74) is 1.14. The van der Waals surface area contributed by atoms with Gasteiger partial charge in [0.15, 0.2) is 5.78 Å². The zero-order valence-corrected chi connectivity index (χ0v) is 7.43. The molecule has 0 N–H and O–H groups in total. The number of nitrogens with zero attached hydrogens (tertiary/aromatic N) is 1. The fourth-order valence-corrected chi connectivity index (χ4v) is 1.05. The summed E-state index contributed by atoms with van der Waals surface area (Å²) < 4.78 is 0. The smallest absolute Gasteiger partial charge is 0.191 e. The highest BCUT2D eigenvalue weighted by molar-refractivity contribution is 6.20. The van der Waals surface area contributed by atoms with Gasteiger partial charge in [0.1, 0.15) is 5.70 Å². The Morgan fingerprint density at radius 1 is 1.45 bits per heavy atom. The van der Waals surface area contributed by atoms with Crippen molar-refractivity contribution in [3.63, 3.8) is 0 Å². The van der Waals surface area contributed by atoms with Crippen LogP contribution in [0.4, 0.5) is 0 Å². The topological polar surface area (TPSA) is 29.4 Å². The van der Waals surface area contributed by atoms with Crippen LogP contribution >= 0.6 is 0 Å². The third kappa shape index (κ3) is 1.02. The summed E-state index contributed by atoms with van der Waals surface area (Å²) in [7, 11) is 0. The first kappa shape index (κ1) is 8.18. The molecule has 60 valence electrons. The van der Waals surface area contributed by atoms with Crippen LogP contribution in [0.15, 0.2) is 16.8 Å². The summed E-state index contributed by atoms with van der Waals surface area (Å²) >= 11 is 0. The molecule has 1 aliphatic rings. The molecule has 0 spiro atoms. The highest BCUT2D eigenvalue weighted by Gasteiger charge is 2.37. The van der Waals surface area contributed by atoms with Crippen molar-refractivity contribution in [2.45, 2.75) is 27.7 Å². The lowest BCUT2D eigenvalue weighted by Crippen LogP contribution is -2.26. The van der Waals surface area contributed by atoms with Gasteiger partial charge in [0.2, 0.25) is 0 Å². The van der Waals surface area contributed by atoms with Crippen molar-refractivity contribution in [3.05, 3.63) is 11.8 Å². The number of carbonyl (C=O) groups excluding carboxylic acids is 1. The van der Waals surface area contributed by atoms with Crippen LogP contribution in [0, 0.1) is 5.41 Å². The molecule has 2 nitrogen and oxygen atoms in total. The van der Waals surface area contributed by atoms with Gasteiger partial charge >= 0.3 is 0 Å². The van der Waals surface area contributed by atoms with Gasteiger partial charge in [-0.15, -0.1) is 0 Å². The van der Waals surface area contributed by atoms with Crippen molar-refractivity contribution < 1.29 is 4.79 Å². The van der Waals surface area contributed by atoms with Crippen molar-refractivity contribution >= 4 is 11.5 Å². The highest BCUT2D eigenvalue weighted by Crippen LogP contribution is 2.30. The number of hydrogen-bond acceptors (Lipinski definition) is 2. The number of ketones is 1. The van der Waals surface area contributed by atoms with Crippen molar-refractivity contribution in [3.8, 4) is 0 Å². The lowest BCUT2D eigenvalue weighted by Gasteiger charge is -2.14. The highest BCUT2D eigenvalue weighted by atomic mass is 16.1. The molecule has 1 heterocycles. The Morgan fingerprint density at radius 2 is 2.00 bits per heavy atom. The van der Waals surface area contributed by atoms with E-state index in [-0.39, 0.29) is 11.2 Å². The van der Waals surface area contributed by atoms with E-state index in [1.54, 1.807) is 6.08 Å². The van der Waals surface area contributed by atoms with E-state index in [4.69, 9.17) is 0 Å². The van der Waals surface area contributed by atoms with Crippen LogP contribution in [0.3, 0.4) is 0 Å². The molecule has 0 bridgehead atoms. The van der Waals surface area contributed by atoms with Gasteiger partial charge in [-0.1, -0.05) is 6.08 Å². The molecule has 0 aromatic heterocycles. The molecule has 0 saturated carbocycles. The van der Waals surface area contributed by atoms with E-state index in [0.717, 1.165) is 5.71 Å². The molecule has 0 aromatic carbocycles. The molecule has 0 unspecified atom stereocenters. The van der Waals surface area contributed by atoms with Gasteiger partial charge < -0.3 is 0 Å². The minimum absolute atomic E-state index is 0.137. The monoisotopic (exact) mass is 151 g/mol. The van der Waals surface area contributed by atoms with Gasteiger partial charge in [-0.05, 0) is 27.7 Å². The fourth-order valence-electron chi connectivity index (χ4n) is 1.05. The maximum Gasteiger partial charge on any atom is 0.191 e. The van der Waals surface area contributed by atoms with Crippen molar-refractivity contribution in [2.24, 2.45) is 10.4 Å². The Labute approximate surface area is 67.0 Å². The Balaban J connectivity index is 3.14. The second-order valence-corrected chi connectivity index (χ2v) is 3.33. The van der Waals surface area contributed by atoms with Crippen LogP contribution in [0.5, 0.6) is 0 Å². The average molecular weight is 151 g/mol. The van der Waals surface area contributed by atoms with Crippen LogP contribution in [0.2, 0.25) is 0 Å². The maximum atomic E-state index is 11.5. The molecule has 0 radical (unpaired) electrons. The van der Waals surface area contributed by atoms with Crippen molar-refractivity contribution in [1.29, 1.82) is 0 Å². The molecular weight excluding hydrogens is 138 g/mol. The number of allylic oxidation sites excluding steroid dienone is 2. The summed E-state index contributed by atoms with van der Waals surface area (Å²) in [6.07, 6.45) is 1.76. The molecule has 11 heavy (non-hydrogen) atoms. The Hall–Kier alpha value is -0.920. The summed E-state index contributed by atoms with van der Waals surface area (Å²) in [5.74, 6) is 0.137. The SMILES string of the molecule is C/C=C1\N=C(C)C(C)(C)C1=O. The first-order chi connectivity index (χ1) is 5.00. The molecule has 0 aromatic rings. The molecule has 0 atom stereocenters. The third-order valence-corrected chi connectivity index (χ3v) is 2.27. The maximum absolute atomic E-state index is 11.5. The Bertz CT molecular complexity index is 255. The van der Waals surface area contributed by atoms with Crippen LogP contribution in [0.25, 0.3) is 0 Å². The lowest BCUT2D eigenvalue weighted by atomic mass is 9.85. The predicted molar refractivity (Wildman–Crippen MR) is 45.7 cm³/mol. The Kier molecular flexibility index (Phi) is 1.70. The molecule has 0 aliphatic carbocycles. The standard InChI is InChI=1S/C9H13NO/c1-5-7-8(11)9(3,4)6(2)10-7/h5H,1-4H3/b7-5-. The van der Waals surface area contributed by atoms with Gasteiger partial charge in [-0.2, -0.15) is 0 Å². The molecule has 1 rings (SSSR count). The second-order valence-electron chi connectivity index (χ2n) is 3.33. The largest absolute Gasteiger partial charge is 0.291 e. The zero-order valence-electron chi connectivity index (χ0n) is 7.43. The summed E-state index contributed by atoms with van der Waals surface area (Å²) in [6, 6.07) is 0. The number of aliphatic imine (C=N–C) groups is 1.